The van der Waals surface area contributed by atoms with Gasteiger partial charge in [0.15, 0.2) is 11.5 Å². The van der Waals surface area contributed by atoms with E-state index in [1.165, 1.54) is 0 Å². The fourth-order valence-corrected chi connectivity index (χ4v) is 1.91. The quantitative estimate of drug-likeness (QED) is 0.777. The summed E-state index contributed by atoms with van der Waals surface area (Å²) in [6.07, 6.45) is 0. The molecule has 5 heteroatoms. The van der Waals surface area contributed by atoms with Gasteiger partial charge in [-0.1, -0.05) is 12.1 Å². The lowest BCUT2D eigenvalue weighted by Crippen LogP contribution is -1.93. The second-order valence-corrected chi connectivity index (χ2v) is 3.91. The minimum absolute atomic E-state index is 0. The summed E-state index contributed by atoms with van der Waals surface area (Å²) < 4.78 is 10.6. The van der Waals surface area contributed by atoms with Crippen molar-refractivity contribution in [3.63, 3.8) is 0 Å². The van der Waals surface area contributed by atoms with Crippen LogP contribution in [0, 0.1) is 0 Å². The summed E-state index contributed by atoms with van der Waals surface area (Å²) in [4.78, 5) is 0. The lowest BCUT2D eigenvalue weighted by atomic mass is 10.0. The molecule has 0 aliphatic carbocycles. The zero-order valence-corrected chi connectivity index (χ0v) is 10.4. The molecule has 1 aliphatic heterocycles. The molecular weight excluding hydrogens is 252 g/mol. The molecule has 18 heavy (non-hydrogen) atoms. The Morgan fingerprint density at radius 1 is 0.889 bits per heavy atom. The van der Waals surface area contributed by atoms with Gasteiger partial charge >= 0.3 is 0 Å². The third kappa shape index (κ3) is 2.02. The third-order valence-electron chi connectivity index (χ3n) is 2.76. The van der Waals surface area contributed by atoms with Crippen molar-refractivity contribution < 1.29 is 9.47 Å². The van der Waals surface area contributed by atoms with Gasteiger partial charge in [-0.2, -0.15) is 0 Å². The number of halogens is 1. The number of nitrogen functional groups attached to an aromatic ring is 2. The molecular formula is C13H13ClN2O2. The van der Waals surface area contributed by atoms with Crippen molar-refractivity contribution in [2.75, 3.05) is 18.3 Å². The molecule has 2 aromatic carbocycles. The van der Waals surface area contributed by atoms with Gasteiger partial charge in [-0.3, -0.25) is 0 Å². The molecule has 3 rings (SSSR count). The average molecular weight is 265 g/mol. The van der Waals surface area contributed by atoms with Crippen molar-refractivity contribution in [3.05, 3.63) is 36.4 Å². The van der Waals surface area contributed by atoms with Crippen molar-refractivity contribution in [2.45, 2.75) is 0 Å². The first kappa shape index (κ1) is 12.4. The van der Waals surface area contributed by atoms with Crippen LogP contribution in [0.1, 0.15) is 0 Å². The third-order valence-corrected chi connectivity index (χ3v) is 2.76. The number of hydrogen-bond donors (Lipinski definition) is 2. The Bertz CT molecular complexity index is 587. The second kappa shape index (κ2) is 4.66. The second-order valence-electron chi connectivity index (χ2n) is 3.91. The first-order valence-electron chi connectivity index (χ1n) is 5.29. The summed E-state index contributed by atoms with van der Waals surface area (Å²) in [5, 5.41) is 0. The summed E-state index contributed by atoms with van der Waals surface area (Å²) in [6.45, 7) is 0.274. The van der Waals surface area contributed by atoms with Crippen LogP contribution < -0.4 is 20.9 Å². The normalized spacial score (nSPS) is 12.0. The highest BCUT2D eigenvalue weighted by molar-refractivity contribution is 5.85. The van der Waals surface area contributed by atoms with Gasteiger partial charge in [0, 0.05) is 16.9 Å². The average Bonchev–Trinajstić information content (AvgIpc) is 2.75. The van der Waals surface area contributed by atoms with E-state index < -0.39 is 0 Å². The summed E-state index contributed by atoms with van der Waals surface area (Å²) in [7, 11) is 0. The Balaban J connectivity index is 0.00000120. The van der Waals surface area contributed by atoms with E-state index in [0.717, 1.165) is 22.6 Å². The predicted molar refractivity (Wildman–Crippen MR) is 74.1 cm³/mol. The number of fused-ring (bicyclic) bond motifs is 1. The highest BCUT2D eigenvalue weighted by atomic mass is 35.5. The molecule has 0 radical (unpaired) electrons. The van der Waals surface area contributed by atoms with E-state index in [0.29, 0.717) is 11.4 Å². The summed E-state index contributed by atoms with van der Waals surface area (Å²) in [5.41, 5.74) is 14.9. The maximum absolute atomic E-state index is 5.95. The van der Waals surface area contributed by atoms with E-state index in [-0.39, 0.29) is 19.2 Å². The number of hydrogen-bond acceptors (Lipinski definition) is 4. The molecule has 0 atom stereocenters. The van der Waals surface area contributed by atoms with Crippen LogP contribution in [-0.2, 0) is 0 Å². The van der Waals surface area contributed by atoms with Crippen LogP contribution in [0.4, 0.5) is 11.4 Å². The van der Waals surface area contributed by atoms with Crippen molar-refractivity contribution in [1.82, 2.24) is 0 Å². The Hall–Kier alpha value is -2.07. The molecule has 4 nitrogen and oxygen atoms in total. The predicted octanol–water partition coefficient (Wildman–Crippen LogP) is 2.67. The number of anilines is 2. The van der Waals surface area contributed by atoms with E-state index in [1.807, 2.05) is 30.3 Å². The van der Waals surface area contributed by atoms with E-state index in [1.54, 1.807) is 6.07 Å². The molecule has 0 amide bonds. The Morgan fingerprint density at radius 2 is 1.67 bits per heavy atom. The number of nitrogens with two attached hydrogens (primary N) is 2. The van der Waals surface area contributed by atoms with Crippen LogP contribution >= 0.6 is 12.4 Å². The minimum Gasteiger partial charge on any atom is -0.454 e. The molecule has 2 aromatic rings. The molecule has 94 valence electrons. The fourth-order valence-electron chi connectivity index (χ4n) is 1.91. The van der Waals surface area contributed by atoms with E-state index in [4.69, 9.17) is 20.9 Å². The standard InChI is InChI=1S/C13H12N2O2.ClH/c14-9-2-3-10(11(15)6-9)8-1-4-12-13(5-8)17-7-16-12;/h1-6H,7,14-15H2;1H. The van der Waals surface area contributed by atoms with Gasteiger partial charge < -0.3 is 20.9 Å². The Morgan fingerprint density at radius 3 is 2.44 bits per heavy atom. The molecule has 0 unspecified atom stereocenters. The highest BCUT2D eigenvalue weighted by Crippen LogP contribution is 2.37. The molecule has 1 aliphatic rings. The van der Waals surface area contributed by atoms with Gasteiger partial charge in [-0.25, -0.2) is 0 Å². The molecule has 1 heterocycles. The molecule has 0 saturated carbocycles. The van der Waals surface area contributed by atoms with Gasteiger partial charge in [-0.15, -0.1) is 12.4 Å². The van der Waals surface area contributed by atoms with Gasteiger partial charge in [0.2, 0.25) is 6.79 Å². The summed E-state index contributed by atoms with van der Waals surface area (Å²) in [6, 6.07) is 11.2. The fraction of sp³-hybridized carbons (Fsp3) is 0.0769. The molecule has 0 saturated heterocycles. The molecule has 0 fully saturated rings. The zero-order valence-electron chi connectivity index (χ0n) is 9.55. The van der Waals surface area contributed by atoms with Gasteiger partial charge in [-0.05, 0) is 29.8 Å². The lowest BCUT2D eigenvalue weighted by molar-refractivity contribution is 0.174. The van der Waals surface area contributed by atoms with Gasteiger partial charge in [0.25, 0.3) is 0 Å². The van der Waals surface area contributed by atoms with Crippen molar-refractivity contribution in [2.24, 2.45) is 0 Å². The molecule has 0 bridgehead atoms. The van der Waals surface area contributed by atoms with Crippen molar-refractivity contribution >= 4 is 23.8 Å². The molecule has 4 N–H and O–H groups in total. The monoisotopic (exact) mass is 264 g/mol. The maximum Gasteiger partial charge on any atom is 0.231 e. The number of rotatable bonds is 1. The maximum atomic E-state index is 5.95. The van der Waals surface area contributed by atoms with Crippen LogP contribution in [0.25, 0.3) is 11.1 Å². The summed E-state index contributed by atoms with van der Waals surface area (Å²) >= 11 is 0. The van der Waals surface area contributed by atoms with Crippen LogP contribution in [0.3, 0.4) is 0 Å². The smallest absolute Gasteiger partial charge is 0.231 e. The van der Waals surface area contributed by atoms with Gasteiger partial charge in [0.1, 0.15) is 0 Å². The molecule has 0 aromatic heterocycles. The number of benzene rings is 2. The minimum atomic E-state index is 0. The highest BCUT2D eigenvalue weighted by Gasteiger charge is 2.14. The van der Waals surface area contributed by atoms with Crippen LogP contribution in [0.5, 0.6) is 11.5 Å². The van der Waals surface area contributed by atoms with E-state index in [9.17, 15) is 0 Å². The van der Waals surface area contributed by atoms with E-state index >= 15 is 0 Å². The van der Waals surface area contributed by atoms with Crippen LogP contribution in [0.2, 0.25) is 0 Å². The first-order chi connectivity index (χ1) is 8.24. The zero-order chi connectivity index (χ0) is 11.8. The lowest BCUT2D eigenvalue weighted by Gasteiger charge is -2.07. The molecule has 0 spiro atoms. The summed E-state index contributed by atoms with van der Waals surface area (Å²) in [5.74, 6) is 1.52. The largest absolute Gasteiger partial charge is 0.454 e. The van der Waals surface area contributed by atoms with Crippen molar-refractivity contribution in [1.29, 1.82) is 0 Å². The number of ether oxygens (including phenoxy) is 2. The topological polar surface area (TPSA) is 70.5 Å². The Labute approximate surface area is 111 Å². The first-order valence-corrected chi connectivity index (χ1v) is 5.29. The van der Waals surface area contributed by atoms with Crippen LogP contribution in [-0.4, -0.2) is 6.79 Å². The van der Waals surface area contributed by atoms with Crippen LogP contribution in [0.15, 0.2) is 36.4 Å². The SMILES string of the molecule is Cl.Nc1ccc(-c2ccc3c(c2)OCO3)c(N)c1. The van der Waals surface area contributed by atoms with Crippen molar-refractivity contribution in [3.8, 4) is 22.6 Å². The Kier molecular flexibility index (Phi) is 3.21. The van der Waals surface area contributed by atoms with E-state index in [2.05, 4.69) is 0 Å². The van der Waals surface area contributed by atoms with Gasteiger partial charge in [0.05, 0.1) is 0 Å².